The van der Waals surface area contributed by atoms with Gasteiger partial charge in [0.2, 0.25) is 0 Å². The molecule has 3 aromatic rings. The highest BCUT2D eigenvalue weighted by Gasteiger charge is 2.34. The fourth-order valence-corrected chi connectivity index (χ4v) is 4.07. The van der Waals surface area contributed by atoms with E-state index in [0.29, 0.717) is 34.8 Å². The lowest BCUT2D eigenvalue weighted by Crippen LogP contribution is -2.51. The zero-order chi connectivity index (χ0) is 20.1. The van der Waals surface area contributed by atoms with Crippen molar-refractivity contribution in [3.63, 3.8) is 0 Å². The van der Waals surface area contributed by atoms with E-state index >= 15 is 0 Å². The summed E-state index contributed by atoms with van der Waals surface area (Å²) in [6.07, 6.45) is -0.762. The maximum atomic E-state index is 13.8. The molecule has 1 amide bonds. The van der Waals surface area contributed by atoms with Crippen LogP contribution in [0.5, 0.6) is 0 Å². The number of likely N-dealkylation sites (tertiary alicyclic amines) is 1. The summed E-state index contributed by atoms with van der Waals surface area (Å²) in [5.74, 6) is -1.47. The lowest BCUT2D eigenvalue weighted by atomic mass is 10.0. The molecule has 1 aromatic heterocycles. The Kier molecular flexibility index (Phi) is 4.57. The van der Waals surface area contributed by atoms with E-state index in [-0.39, 0.29) is 19.5 Å². The van der Waals surface area contributed by atoms with Gasteiger partial charge in [-0.25, -0.2) is 13.2 Å². The summed E-state index contributed by atoms with van der Waals surface area (Å²) in [4.78, 5) is 13.4. The number of aliphatic hydroxyl groups is 1. The molecule has 2 aromatic carbocycles. The smallest absolute Gasteiger partial charge is 0.257 e. The van der Waals surface area contributed by atoms with Gasteiger partial charge in [0.1, 0.15) is 11.6 Å². The zero-order valence-corrected chi connectivity index (χ0v) is 15.5. The van der Waals surface area contributed by atoms with Crippen molar-refractivity contribution in [1.29, 1.82) is 0 Å². The number of amides is 1. The quantitative estimate of drug-likeness (QED) is 0.737. The van der Waals surface area contributed by atoms with Gasteiger partial charge in [-0.2, -0.15) is 0 Å². The number of rotatable bonds is 4. The van der Waals surface area contributed by atoms with Crippen LogP contribution in [0.4, 0.5) is 13.2 Å². The Hall–Kier alpha value is -2.54. The number of halogens is 3. The van der Waals surface area contributed by atoms with E-state index < -0.39 is 29.3 Å². The van der Waals surface area contributed by atoms with Gasteiger partial charge in [0.15, 0.2) is 6.17 Å². The first-order valence-corrected chi connectivity index (χ1v) is 9.27. The maximum Gasteiger partial charge on any atom is 0.257 e. The van der Waals surface area contributed by atoms with Crippen LogP contribution in [0.3, 0.4) is 0 Å². The monoisotopic (exact) mass is 390 g/mol. The van der Waals surface area contributed by atoms with Gasteiger partial charge in [-0.1, -0.05) is 0 Å². The number of hydrogen-bond acceptors (Lipinski definition) is 2. The van der Waals surface area contributed by atoms with Crippen molar-refractivity contribution in [2.45, 2.75) is 38.1 Å². The molecule has 2 unspecified atom stereocenters. The highest BCUT2D eigenvalue weighted by Crippen LogP contribution is 2.32. The van der Waals surface area contributed by atoms with Gasteiger partial charge in [0.05, 0.1) is 18.7 Å². The van der Waals surface area contributed by atoms with Gasteiger partial charge in [-0.3, -0.25) is 4.79 Å². The van der Waals surface area contributed by atoms with Crippen LogP contribution >= 0.6 is 0 Å². The largest absolute Gasteiger partial charge is 0.386 e. The number of hydrogen-bond donors (Lipinski definition) is 1. The number of alkyl halides is 1. The second-order valence-electron chi connectivity index (χ2n) is 7.78. The lowest BCUT2D eigenvalue weighted by Gasteiger charge is -2.35. The summed E-state index contributed by atoms with van der Waals surface area (Å²) in [7, 11) is 0. The second kappa shape index (κ2) is 6.81. The zero-order valence-electron chi connectivity index (χ0n) is 15.5. The standard InChI is InChI=1S/C21H21F3N2O2/c1-21(28,11-25-8-2-3-17(24)20(25)27)12-26-18-6-4-13(22)9-15(18)16-10-14(23)5-7-19(16)26/h4-7,9-10,17,28H,2-3,8,11-12H2,1H3. The minimum atomic E-state index is -1.52. The molecule has 0 bridgehead atoms. The molecule has 1 aliphatic heterocycles. The van der Waals surface area contributed by atoms with Gasteiger partial charge in [0, 0.05) is 28.4 Å². The summed E-state index contributed by atoms with van der Waals surface area (Å²) in [6.45, 7) is 2.05. The third-order valence-electron chi connectivity index (χ3n) is 5.28. The summed E-state index contributed by atoms with van der Waals surface area (Å²) < 4.78 is 43.0. The molecule has 1 saturated heterocycles. The molecule has 1 N–H and O–H groups in total. The number of carbonyl (C=O) groups is 1. The van der Waals surface area contributed by atoms with E-state index in [4.69, 9.17) is 0 Å². The molecule has 1 aliphatic rings. The van der Waals surface area contributed by atoms with Gasteiger partial charge in [-0.15, -0.1) is 0 Å². The highest BCUT2D eigenvalue weighted by molar-refractivity contribution is 6.08. The molecule has 2 heterocycles. The number of piperidine rings is 1. The highest BCUT2D eigenvalue weighted by atomic mass is 19.1. The summed E-state index contributed by atoms with van der Waals surface area (Å²) in [6, 6.07) is 8.47. The first kappa shape index (κ1) is 18.8. The van der Waals surface area contributed by atoms with Gasteiger partial charge in [-0.05, 0) is 56.2 Å². The summed E-state index contributed by atoms with van der Waals surface area (Å²) in [5.41, 5.74) is -0.0554. The van der Waals surface area contributed by atoms with Crippen LogP contribution in [0.15, 0.2) is 36.4 Å². The van der Waals surface area contributed by atoms with Crippen LogP contribution in [-0.2, 0) is 11.3 Å². The van der Waals surface area contributed by atoms with Crippen molar-refractivity contribution in [3.05, 3.63) is 48.0 Å². The fraction of sp³-hybridized carbons (Fsp3) is 0.381. The third kappa shape index (κ3) is 3.35. The molecule has 4 nitrogen and oxygen atoms in total. The molecular weight excluding hydrogens is 369 g/mol. The van der Waals surface area contributed by atoms with Crippen LogP contribution in [-0.4, -0.2) is 45.3 Å². The molecular formula is C21H21F3N2O2. The van der Waals surface area contributed by atoms with Crippen LogP contribution in [0.1, 0.15) is 19.8 Å². The number of fused-ring (bicyclic) bond motifs is 3. The maximum absolute atomic E-state index is 13.8. The van der Waals surface area contributed by atoms with Crippen molar-refractivity contribution < 1.29 is 23.1 Å². The number of nitrogens with zero attached hydrogens (tertiary/aromatic N) is 2. The molecule has 1 fully saturated rings. The summed E-state index contributed by atoms with van der Waals surface area (Å²) >= 11 is 0. The Balaban J connectivity index is 1.72. The number of carbonyl (C=O) groups excluding carboxylic acids is 1. The van der Waals surface area contributed by atoms with Gasteiger partial charge < -0.3 is 14.6 Å². The Morgan fingerprint density at radius 3 is 2.21 bits per heavy atom. The molecule has 0 radical (unpaired) electrons. The normalized spacial score (nSPS) is 20.1. The second-order valence-corrected chi connectivity index (χ2v) is 7.78. The minimum absolute atomic E-state index is 0.0180. The van der Waals surface area contributed by atoms with Crippen molar-refractivity contribution in [2.75, 3.05) is 13.1 Å². The predicted molar refractivity (Wildman–Crippen MR) is 101 cm³/mol. The summed E-state index contributed by atoms with van der Waals surface area (Å²) in [5, 5.41) is 12.1. The van der Waals surface area contributed by atoms with Crippen molar-refractivity contribution in [2.24, 2.45) is 0 Å². The first-order chi connectivity index (χ1) is 13.2. The average Bonchev–Trinajstić information content (AvgIpc) is 2.91. The van der Waals surface area contributed by atoms with Gasteiger partial charge >= 0.3 is 0 Å². The molecule has 28 heavy (non-hydrogen) atoms. The molecule has 0 saturated carbocycles. The van der Waals surface area contributed by atoms with Crippen LogP contribution in [0.25, 0.3) is 21.8 Å². The molecule has 7 heteroatoms. The van der Waals surface area contributed by atoms with E-state index in [0.717, 1.165) is 0 Å². The minimum Gasteiger partial charge on any atom is -0.386 e. The third-order valence-corrected chi connectivity index (χ3v) is 5.28. The Morgan fingerprint density at radius 1 is 1.07 bits per heavy atom. The van der Waals surface area contributed by atoms with Crippen molar-refractivity contribution in [1.82, 2.24) is 9.47 Å². The van der Waals surface area contributed by atoms with Crippen LogP contribution in [0, 0.1) is 11.6 Å². The van der Waals surface area contributed by atoms with Crippen LogP contribution < -0.4 is 0 Å². The molecule has 0 spiro atoms. The topological polar surface area (TPSA) is 45.5 Å². The lowest BCUT2D eigenvalue weighted by molar-refractivity contribution is -0.143. The van der Waals surface area contributed by atoms with E-state index in [1.54, 1.807) is 23.6 Å². The van der Waals surface area contributed by atoms with Crippen LogP contribution in [0.2, 0.25) is 0 Å². The molecule has 2 atom stereocenters. The Morgan fingerprint density at radius 2 is 1.64 bits per heavy atom. The number of β-amino-alcohol motifs (C(OH)–C–C–N with tert-alkyl or cyclic N) is 1. The number of benzene rings is 2. The molecule has 4 rings (SSSR count). The van der Waals surface area contributed by atoms with E-state index in [1.807, 2.05) is 0 Å². The van der Waals surface area contributed by atoms with Crippen molar-refractivity contribution >= 4 is 27.7 Å². The SMILES string of the molecule is CC(O)(CN1CCCC(F)C1=O)Cn1c2ccc(F)cc2c2cc(F)ccc21. The van der Waals surface area contributed by atoms with E-state index in [9.17, 15) is 23.1 Å². The Bertz CT molecular complexity index is 1000. The molecule has 148 valence electrons. The average molecular weight is 390 g/mol. The van der Waals surface area contributed by atoms with Gasteiger partial charge in [0.25, 0.3) is 5.91 Å². The predicted octanol–water partition coefficient (Wildman–Crippen LogP) is 3.78. The first-order valence-electron chi connectivity index (χ1n) is 9.27. The number of aromatic nitrogens is 1. The molecule has 0 aliphatic carbocycles. The van der Waals surface area contributed by atoms with E-state index in [2.05, 4.69) is 0 Å². The van der Waals surface area contributed by atoms with E-state index in [1.165, 1.54) is 29.2 Å². The van der Waals surface area contributed by atoms with Crippen molar-refractivity contribution in [3.8, 4) is 0 Å². The Labute approximate surface area is 160 Å². The fourth-order valence-electron chi connectivity index (χ4n) is 4.07.